The third-order valence-electron chi connectivity index (χ3n) is 3.68. The Hall–Kier alpha value is -1.33. The minimum Gasteiger partial charge on any atom is -0.475 e. The lowest BCUT2D eigenvalue weighted by molar-refractivity contribution is -0.00857. The zero-order valence-electron chi connectivity index (χ0n) is 11.5. The van der Waals surface area contributed by atoms with Crippen molar-refractivity contribution in [3.8, 4) is 0 Å². The van der Waals surface area contributed by atoms with E-state index in [2.05, 4.69) is 4.90 Å². The van der Waals surface area contributed by atoms with Gasteiger partial charge >= 0.3 is 5.97 Å². The molecule has 0 aromatic carbocycles. The van der Waals surface area contributed by atoms with Crippen molar-refractivity contribution in [1.29, 1.82) is 0 Å². The highest BCUT2D eigenvalue weighted by Gasteiger charge is 2.22. The van der Waals surface area contributed by atoms with E-state index in [1.54, 1.807) is 6.07 Å². The Morgan fingerprint density at radius 2 is 2.32 bits per heavy atom. The minimum atomic E-state index is -1.03. The van der Waals surface area contributed by atoms with Crippen LogP contribution in [0.2, 0.25) is 0 Å². The van der Waals surface area contributed by atoms with Crippen LogP contribution in [-0.2, 0) is 4.74 Å². The normalized spacial score (nSPS) is 21.5. The molecule has 1 saturated heterocycles. The number of rotatable bonds is 5. The molecule has 1 aliphatic heterocycles. The van der Waals surface area contributed by atoms with Gasteiger partial charge in [-0.3, -0.25) is 4.90 Å². The summed E-state index contributed by atoms with van der Waals surface area (Å²) in [6.45, 7) is 3.69. The molecule has 5 nitrogen and oxygen atoms in total. The third kappa shape index (κ3) is 3.58. The standard InChI is InChI=1S/C14H21NO4/c1-10(12-6-7-13(19-12)14(16)17)15(2)9-11-5-3-4-8-18-11/h6-7,10-11H,3-5,8-9H2,1-2H3,(H,16,17). The minimum absolute atomic E-state index is 0.0100. The Labute approximate surface area is 113 Å². The van der Waals surface area contributed by atoms with E-state index >= 15 is 0 Å². The van der Waals surface area contributed by atoms with Gasteiger partial charge in [-0.05, 0) is 45.4 Å². The molecular weight excluding hydrogens is 246 g/mol. The largest absolute Gasteiger partial charge is 0.475 e. The van der Waals surface area contributed by atoms with Crippen LogP contribution < -0.4 is 0 Å². The number of nitrogens with zero attached hydrogens (tertiary/aromatic N) is 1. The van der Waals surface area contributed by atoms with E-state index in [0.717, 1.165) is 26.0 Å². The topological polar surface area (TPSA) is 62.9 Å². The monoisotopic (exact) mass is 267 g/mol. The van der Waals surface area contributed by atoms with E-state index < -0.39 is 5.97 Å². The molecule has 1 fully saturated rings. The van der Waals surface area contributed by atoms with E-state index in [-0.39, 0.29) is 17.9 Å². The van der Waals surface area contributed by atoms with Crippen molar-refractivity contribution < 1.29 is 19.1 Å². The van der Waals surface area contributed by atoms with Crippen LogP contribution in [-0.4, -0.2) is 42.3 Å². The van der Waals surface area contributed by atoms with Crippen molar-refractivity contribution in [3.63, 3.8) is 0 Å². The fraction of sp³-hybridized carbons (Fsp3) is 0.643. The van der Waals surface area contributed by atoms with Crippen LogP contribution in [0.4, 0.5) is 0 Å². The highest BCUT2D eigenvalue weighted by molar-refractivity contribution is 5.84. The molecular formula is C14H21NO4. The molecule has 0 spiro atoms. The molecule has 1 aliphatic rings. The van der Waals surface area contributed by atoms with Gasteiger partial charge in [0, 0.05) is 13.2 Å². The van der Waals surface area contributed by atoms with Crippen LogP contribution in [0.25, 0.3) is 0 Å². The van der Waals surface area contributed by atoms with Gasteiger partial charge < -0.3 is 14.3 Å². The van der Waals surface area contributed by atoms with Gasteiger partial charge in [0.2, 0.25) is 5.76 Å². The van der Waals surface area contributed by atoms with Crippen molar-refractivity contribution in [1.82, 2.24) is 4.90 Å². The van der Waals surface area contributed by atoms with E-state index in [0.29, 0.717) is 5.76 Å². The predicted molar refractivity (Wildman–Crippen MR) is 70.3 cm³/mol. The number of hydrogen-bond donors (Lipinski definition) is 1. The number of ether oxygens (including phenoxy) is 1. The first-order valence-corrected chi connectivity index (χ1v) is 6.73. The Morgan fingerprint density at radius 1 is 1.53 bits per heavy atom. The number of carbonyl (C=O) groups is 1. The lowest BCUT2D eigenvalue weighted by Crippen LogP contribution is -2.34. The van der Waals surface area contributed by atoms with Crippen molar-refractivity contribution in [2.45, 2.75) is 38.3 Å². The van der Waals surface area contributed by atoms with Crippen molar-refractivity contribution in [3.05, 3.63) is 23.7 Å². The van der Waals surface area contributed by atoms with Gasteiger partial charge in [0.25, 0.3) is 0 Å². The van der Waals surface area contributed by atoms with Crippen LogP contribution in [0.3, 0.4) is 0 Å². The summed E-state index contributed by atoms with van der Waals surface area (Å²) >= 11 is 0. The zero-order chi connectivity index (χ0) is 13.8. The van der Waals surface area contributed by atoms with Crippen molar-refractivity contribution in [2.24, 2.45) is 0 Å². The summed E-state index contributed by atoms with van der Waals surface area (Å²) in [5, 5.41) is 8.85. The number of aromatic carboxylic acids is 1. The first-order chi connectivity index (χ1) is 9.08. The van der Waals surface area contributed by atoms with Crippen LogP contribution in [0.15, 0.2) is 16.5 Å². The summed E-state index contributed by atoms with van der Waals surface area (Å²) < 4.78 is 11.0. The second kappa shape index (κ2) is 6.21. The van der Waals surface area contributed by atoms with Gasteiger partial charge in [-0.2, -0.15) is 0 Å². The van der Waals surface area contributed by atoms with Gasteiger partial charge in [0.05, 0.1) is 12.1 Å². The molecule has 1 aromatic rings. The lowest BCUT2D eigenvalue weighted by Gasteiger charge is -2.30. The Balaban J connectivity index is 1.93. The average molecular weight is 267 g/mol. The van der Waals surface area contributed by atoms with Crippen molar-refractivity contribution in [2.75, 3.05) is 20.2 Å². The van der Waals surface area contributed by atoms with Crippen molar-refractivity contribution >= 4 is 5.97 Å². The summed E-state index contributed by atoms with van der Waals surface area (Å²) in [6.07, 6.45) is 3.73. The summed E-state index contributed by atoms with van der Waals surface area (Å²) in [4.78, 5) is 12.9. The summed E-state index contributed by atoms with van der Waals surface area (Å²) in [5.74, 6) is -0.364. The molecule has 0 radical (unpaired) electrons. The molecule has 19 heavy (non-hydrogen) atoms. The second-order valence-corrected chi connectivity index (χ2v) is 5.11. The van der Waals surface area contributed by atoms with Crippen LogP contribution >= 0.6 is 0 Å². The molecule has 5 heteroatoms. The number of likely N-dealkylation sites (N-methyl/N-ethyl adjacent to an activating group) is 1. The Kier molecular flexibility index (Phi) is 4.61. The Morgan fingerprint density at radius 3 is 2.89 bits per heavy atom. The summed E-state index contributed by atoms with van der Waals surface area (Å²) in [7, 11) is 2.01. The molecule has 1 N–H and O–H groups in total. The highest BCUT2D eigenvalue weighted by Crippen LogP contribution is 2.23. The SMILES string of the molecule is CC(c1ccc(C(=O)O)o1)N(C)CC1CCCCO1. The summed E-state index contributed by atoms with van der Waals surface area (Å²) in [6, 6.07) is 3.27. The highest BCUT2D eigenvalue weighted by atomic mass is 16.5. The van der Waals surface area contributed by atoms with E-state index in [1.165, 1.54) is 12.5 Å². The number of carboxylic acids is 1. The first-order valence-electron chi connectivity index (χ1n) is 6.73. The van der Waals surface area contributed by atoms with Crippen LogP contribution in [0.5, 0.6) is 0 Å². The maximum atomic E-state index is 10.8. The van der Waals surface area contributed by atoms with Crippen LogP contribution in [0.1, 0.15) is 48.5 Å². The molecule has 0 amide bonds. The molecule has 1 aromatic heterocycles. The quantitative estimate of drug-likeness (QED) is 0.888. The Bertz CT molecular complexity index is 423. The number of hydrogen-bond acceptors (Lipinski definition) is 4. The van der Waals surface area contributed by atoms with Crippen LogP contribution in [0, 0.1) is 0 Å². The predicted octanol–water partition coefficient (Wildman–Crippen LogP) is 2.54. The first kappa shape index (κ1) is 14.1. The second-order valence-electron chi connectivity index (χ2n) is 5.11. The van der Waals surface area contributed by atoms with E-state index in [4.69, 9.17) is 14.3 Å². The van der Waals surface area contributed by atoms with Gasteiger partial charge in [0.1, 0.15) is 5.76 Å². The van der Waals surface area contributed by atoms with Gasteiger partial charge in [-0.25, -0.2) is 4.79 Å². The molecule has 2 heterocycles. The van der Waals surface area contributed by atoms with Gasteiger partial charge in [0.15, 0.2) is 0 Å². The smallest absolute Gasteiger partial charge is 0.371 e. The zero-order valence-corrected chi connectivity index (χ0v) is 11.5. The van der Waals surface area contributed by atoms with Gasteiger partial charge in [-0.1, -0.05) is 0 Å². The molecule has 2 unspecified atom stereocenters. The maximum Gasteiger partial charge on any atom is 0.371 e. The fourth-order valence-electron chi connectivity index (χ4n) is 2.34. The molecule has 0 saturated carbocycles. The molecule has 106 valence electrons. The lowest BCUT2D eigenvalue weighted by atomic mass is 10.1. The summed E-state index contributed by atoms with van der Waals surface area (Å²) in [5.41, 5.74) is 0. The van der Waals surface area contributed by atoms with E-state index in [9.17, 15) is 4.79 Å². The number of furan rings is 1. The molecule has 0 aliphatic carbocycles. The number of carboxylic acid groups (broad SMARTS) is 1. The van der Waals surface area contributed by atoms with E-state index in [1.807, 2.05) is 14.0 Å². The van der Waals surface area contributed by atoms with Gasteiger partial charge in [-0.15, -0.1) is 0 Å². The third-order valence-corrected chi connectivity index (χ3v) is 3.68. The fourth-order valence-corrected chi connectivity index (χ4v) is 2.34. The molecule has 0 bridgehead atoms. The molecule has 2 atom stereocenters. The molecule has 2 rings (SSSR count). The average Bonchev–Trinajstić information content (AvgIpc) is 2.88. The maximum absolute atomic E-state index is 10.8.